The first-order valence-corrected chi connectivity index (χ1v) is 7.13. The number of carbonyl (C=O) groups is 3. The van der Waals surface area contributed by atoms with Gasteiger partial charge in [0.25, 0.3) is 0 Å². The molecule has 0 bridgehead atoms. The molecule has 4 N–H and O–H groups in total. The molecule has 0 saturated carbocycles. The van der Waals surface area contributed by atoms with E-state index >= 15 is 0 Å². The molecule has 1 atom stereocenters. The molecule has 21 heavy (non-hydrogen) atoms. The fourth-order valence-electron chi connectivity index (χ4n) is 1.78. The zero-order valence-corrected chi connectivity index (χ0v) is 13.3. The molecule has 1 unspecified atom stereocenters. The Morgan fingerprint density at radius 2 is 1.86 bits per heavy atom. The van der Waals surface area contributed by atoms with Crippen molar-refractivity contribution in [3.63, 3.8) is 0 Å². The third kappa shape index (κ3) is 8.16. The molecule has 0 fully saturated rings. The summed E-state index contributed by atoms with van der Waals surface area (Å²) in [5, 5.41) is 11.6. The fraction of sp³-hybridized carbons (Fsp3) is 0.786. The number of hydrogen-bond donors (Lipinski definition) is 3. The Morgan fingerprint density at radius 1 is 1.29 bits per heavy atom. The summed E-state index contributed by atoms with van der Waals surface area (Å²) < 4.78 is 0. The highest BCUT2D eigenvalue weighted by Crippen LogP contribution is 2.22. The largest absolute Gasteiger partial charge is 0.481 e. The van der Waals surface area contributed by atoms with Crippen molar-refractivity contribution < 1.29 is 19.5 Å². The lowest BCUT2D eigenvalue weighted by molar-refractivity contribution is -0.138. The maximum absolute atomic E-state index is 12.2. The van der Waals surface area contributed by atoms with Gasteiger partial charge in [0, 0.05) is 12.6 Å². The Balaban J connectivity index is 4.88. The van der Waals surface area contributed by atoms with Crippen LogP contribution in [-0.2, 0) is 9.59 Å². The van der Waals surface area contributed by atoms with Gasteiger partial charge < -0.3 is 21.1 Å². The fourth-order valence-corrected chi connectivity index (χ4v) is 1.78. The molecule has 0 aliphatic carbocycles. The number of aliphatic carboxylic acids is 1. The predicted octanol–water partition coefficient (Wildman–Crippen LogP) is 1.17. The molecule has 0 aromatic carbocycles. The molecule has 122 valence electrons. The summed E-state index contributed by atoms with van der Waals surface area (Å²) in [4.78, 5) is 35.5. The molecule has 0 aromatic heterocycles. The summed E-state index contributed by atoms with van der Waals surface area (Å²) in [6, 6.07) is -0.983. The summed E-state index contributed by atoms with van der Waals surface area (Å²) in [6.07, 6.45) is 1.45. The molecule has 0 spiro atoms. The first-order valence-electron chi connectivity index (χ1n) is 7.13. The molecule has 0 radical (unpaired) electrons. The lowest BCUT2D eigenvalue weighted by atomic mass is 9.85. The molecule has 0 saturated heterocycles. The number of nitrogens with zero attached hydrogens (tertiary/aromatic N) is 1. The van der Waals surface area contributed by atoms with Crippen molar-refractivity contribution in [2.24, 2.45) is 11.1 Å². The van der Waals surface area contributed by atoms with Gasteiger partial charge in [-0.1, -0.05) is 34.1 Å². The molecule has 0 aromatic rings. The predicted molar refractivity (Wildman–Crippen MR) is 79.7 cm³/mol. The number of carbonyl (C=O) groups excluding carboxylic acids is 2. The van der Waals surface area contributed by atoms with Gasteiger partial charge in [0.05, 0.1) is 6.42 Å². The van der Waals surface area contributed by atoms with Crippen molar-refractivity contribution in [3.8, 4) is 0 Å². The van der Waals surface area contributed by atoms with Gasteiger partial charge in [-0.3, -0.25) is 9.59 Å². The number of amides is 3. The Morgan fingerprint density at radius 3 is 2.24 bits per heavy atom. The van der Waals surface area contributed by atoms with E-state index in [4.69, 9.17) is 10.8 Å². The van der Waals surface area contributed by atoms with Crippen molar-refractivity contribution in [1.29, 1.82) is 0 Å². The van der Waals surface area contributed by atoms with Crippen LogP contribution in [0.25, 0.3) is 0 Å². The maximum atomic E-state index is 12.2. The van der Waals surface area contributed by atoms with Gasteiger partial charge in [0.1, 0.15) is 6.54 Å². The summed E-state index contributed by atoms with van der Waals surface area (Å²) in [5.41, 5.74) is 4.74. The van der Waals surface area contributed by atoms with E-state index in [1.165, 1.54) is 4.90 Å². The van der Waals surface area contributed by atoms with E-state index in [-0.39, 0.29) is 13.0 Å². The second-order valence-electron chi connectivity index (χ2n) is 6.21. The quantitative estimate of drug-likeness (QED) is 0.624. The Bertz CT molecular complexity index is 377. The zero-order valence-electron chi connectivity index (χ0n) is 13.3. The minimum atomic E-state index is -0.981. The van der Waals surface area contributed by atoms with E-state index < -0.39 is 29.4 Å². The number of hydrogen-bond acceptors (Lipinski definition) is 3. The smallest absolute Gasteiger partial charge is 0.318 e. The summed E-state index contributed by atoms with van der Waals surface area (Å²) >= 11 is 0. The first-order chi connectivity index (χ1) is 9.57. The number of nitrogens with one attached hydrogen (secondary N) is 1. The number of unbranched alkanes of at least 4 members (excludes halogenated alkanes) is 1. The van der Waals surface area contributed by atoms with Gasteiger partial charge in [-0.25, -0.2) is 4.79 Å². The number of carboxylic acids is 1. The number of primary amides is 1. The molecule has 0 aliphatic rings. The van der Waals surface area contributed by atoms with E-state index in [0.29, 0.717) is 6.54 Å². The van der Waals surface area contributed by atoms with Gasteiger partial charge in [0.2, 0.25) is 5.91 Å². The van der Waals surface area contributed by atoms with Crippen LogP contribution in [-0.4, -0.2) is 47.0 Å². The van der Waals surface area contributed by atoms with Crippen LogP contribution >= 0.6 is 0 Å². The molecular weight excluding hydrogens is 274 g/mol. The monoisotopic (exact) mass is 301 g/mol. The minimum Gasteiger partial charge on any atom is -0.481 e. The number of rotatable bonds is 8. The summed E-state index contributed by atoms with van der Waals surface area (Å²) in [5.74, 6) is -1.57. The minimum absolute atomic E-state index is 0.171. The van der Waals surface area contributed by atoms with E-state index in [9.17, 15) is 14.4 Å². The topological polar surface area (TPSA) is 113 Å². The Kier molecular flexibility index (Phi) is 7.76. The second-order valence-corrected chi connectivity index (χ2v) is 6.21. The van der Waals surface area contributed by atoms with Crippen LogP contribution < -0.4 is 11.1 Å². The Labute approximate surface area is 125 Å². The van der Waals surface area contributed by atoms with Crippen LogP contribution in [0.15, 0.2) is 0 Å². The van der Waals surface area contributed by atoms with Crippen LogP contribution in [0, 0.1) is 5.41 Å². The standard InChI is InChI=1S/C14H27N3O4/c1-5-6-7-17(9-11(15)18)13(21)16-10(8-12(19)20)14(2,3)4/h10H,5-9H2,1-4H3,(H2,15,18)(H,16,21)(H,19,20). The molecule has 0 rings (SSSR count). The molecule has 0 heterocycles. The first kappa shape index (κ1) is 19.2. The molecular formula is C14H27N3O4. The Hall–Kier alpha value is -1.79. The van der Waals surface area contributed by atoms with Gasteiger partial charge in [-0.2, -0.15) is 0 Å². The average molecular weight is 301 g/mol. The van der Waals surface area contributed by atoms with Gasteiger partial charge >= 0.3 is 12.0 Å². The van der Waals surface area contributed by atoms with Crippen molar-refractivity contribution in [2.45, 2.75) is 53.0 Å². The van der Waals surface area contributed by atoms with Crippen LogP contribution in [0.3, 0.4) is 0 Å². The maximum Gasteiger partial charge on any atom is 0.318 e. The molecule has 7 heteroatoms. The third-order valence-electron chi connectivity index (χ3n) is 3.14. The van der Waals surface area contributed by atoms with Gasteiger partial charge in [0.15, 0.2) is 0 Å². The average Bonchev–Trinajstić information content (AvgIpc) is 2.31. The normalized spacial score (nSPS) is 12.6. The van der Waals surface area contributed by atoms with Crippen LogP contribution in [0.1, 0.15) is 47.0 Å². The third-order valence-corrected chi connectivity index (χ3v) is 3.14. The van der Waals surface area contributed by atoms with E-state index in [1.54, 1.807) is 0 Å². The van der Waals surface area contributed by atoms with Crippen LogP contribution in [0.5, 0.6) is 0 Å². The lowest BCUT2D eigenvalue weighted by Crippen LogP contribution is -2.52. The number of nitrogens with two attached hydrogens (primary N) is 1. The summed E-state index contributed by atoms with van der Waals surface area (Å²) in [7, 11) is 0. The summed E-state index contributed by atoms with van der Waals surface area (Å²) in [6.45, 7) is 7.77. The zero-order chi connectivity index (χ0) is 16.6. The van der Waals surface area contributed by atoms with Gasteiger partial charge in [-0.05, 0) is 11.8 Å². The van der Waals surface area contributed by atoms with Crippen molar-refractivity contribution >= 4 is 17.9 Å². The van der Waals surface area contributed by atoms with E-state index in [1.807, 2.05) is 27.7 Å². The van der Waals surface area contributed by atoms with Crippen molar-refractivity contribution in [3.05, 3.63) is 0 Å². The highest BCUT2D eigenvalue weighted by molar-refractivity contribution is 5.83. The second kappa shape index (κ2) is 8.49. The SMILES string of the molecule is CCCCN(CC(N)=O)C(=O)NC(CC(=O)O)C(C)(C)C. The molecule has 0 aliphatic heterocycles. The van der Waals surface area contributed by atoms with Crippen molar-refractivity contribution in [2.75, 3.05) is 13.1 Å². The van der Waals surface area contributed by atoms with Gasteiger partial charge in [-0.15, -0.1) is 0 Å². The van der Waals surface area contributed by atoms with E-state index in [2.05, 4.69) is 5.32 Å². The van der Waals surface area contributed by atoms with Crippen molar-refractivity contribution in [1.82, 2.24) is 10.2 Å². The molecule has 7 nitrogen and oxygen atoms in total. The highest BCUT2D eigenvalue weighted by Gasteiger charge is 2.30. The van der Waals surface area contributed by atoms with Crippen LogP contribution in [0.4, 0.5) is 4.79 Å². The molecule has 3 amide bonds. The van der Waals surface area contributed by atoms with E-state index in [0.717, 1.165) is 12.8 Å². The lowest BCUT2D eigenvalue weighted by Gasteiger charge is -2.32. The number of carboxylic acid groups (broad SMARTS) is 1. The highest BCUT2D eigenvalue weighted by atomic mass is 16.4. The van der Waals surface area contributed by atoms with Crippen LogP contribution in [0.2, 0.25) is 0 Å². The number of urea groups is 1.